The second-order valence-electron chi connectivity index (χ2n) is 9.78. The Balaban J connectivity index is 1.70. The predicted molar refractivity (Wildman–Crippen MR) is 94.0 cm³/mol. The van der Waals surface area contributed by atoms with Crippen LogP contribution in [0.1, 0.15) is 59.3 Å². The van der Waals surface area contributed by atoms with Gasteiger partial charge in [-0.15, -0.1) is 0 Å². The van der Waals surface area contributed by atoms with Gasteiger partial charge in [0.1, 0.15) is 6.61 Å². The molecule has 0 amide bonds. The van der Waals surface area contributed by atoms with E-state index in [0.29, 0.717) is 19.3 Å². The van der Waals surface area contributed by atoms with E-state index in [-0.39, 0.29) is 29.0 Å². The van der Waals surface area contributed by atoms with Crippen molar-refractivity contribution in [1.29, 1.82) is 0 Å². The van der Waals surface area contributed by atoms with E-state index in [1.54, 1.807) is 0 Å². The average molecular weight is 366 g/mol. The summed E-state index contributed by atoms with van der Waals surface area (Å²) in [5, 5.41) is 20.4. The van der Waals surface area contributed by atoms with Crippen molar-refractivity contribution in [3.63, 3.8) is 0 Å². The van der Waals surface area contributed by atoms with Crippen LogP contribution in [-0.4, -0.2) is 47.1 Å². The zero-order valence-corrected chi connectivity index (χ0v) is 16.0. The van der Waals surface area contributed by atoms with Crippen molar-refractivity contribution < 1.29 is 29.3 Å². The summed E-state index contributed by atoms with van der Waals surface area (Å²) < 4.78 is 10.6. The first-order valence-corrected chi connectivity index (χ1v) is 9.29. The smallest absolute Gasteiger partial charge is 0.333 e. The second-order valence-corrected chi connectivity index (χ2v) is 9.78. The maximum atomic E-state index is 13.0. The molecule has 3 unspecified atom stereocenters. The summed E-state index contributed by atoms with van der Waals surface area (Å²) in [6.07, 6.45) is 3.44. The minimum atomic E-state index is -0.911. The van der Waals surface area contributed by atoms with Gasteiger partial charge in [0.25, 0.3) is 0 Å². The third-order valence-electron chi connectivity index (χ3n) is 6.22. The maximum absolute atomic E-state index is 13.0. The number of carbonyl (C=O) groups is 2. The maximum Gasteiger partial charge on any atom is 0.333 e. The van der Waals surface area contributed by atoms with E-state index in [2.05, 4.69) is 20.4 Å². The van der Waals surface area contributed by atoms with Gasteiger partial charge in [-0.3, -0.25) is 4.79 Å². The van der Waals surface area contributed by atoms with E-state index < -0.39 is 29.7 Å². The van der Waals surface area contributed by atoms with Crippen molar-refractivity contribution in [2.75, 3.05) is 13.2 Å². The van der Waals surface area contributed by atoms with Crippen molar-refractivity contribution in [1.82, 2.24) is 0 Å². The van der Waals surface area contributed by atoms with Gasteiger partial charge < -0.3 is 19.7 Å². The Morgan fingerprint density at radius 3 is 2.12 bits per heavy atom. The van der Waals surface area contributed by atoms with Crippen LogP contribution < -0.4 is 0 Å². The van der Waals surface area contributed by atoms with Gasteiger partial charge in [0.05, 0.1) is 17.6 Å². The van der Waals surface area contributed by atoms with Crippen LogP contribution in [0.5, 0.6) is 0 Å². The molecule has 4 rings (SSSR count). The van der Waals surface area contributed by atoms with Gasteiger partial charge in [-0.1, -0.05) is 20.4 Å². The number of ether oxygens (including phenoxy) is 2. The van der Waals surface area contributed by atoms with Crippen molar-refractivity contribution in [2.24, 2.45) is 16.2 Å². The highest BCUT2D eigenvalue weighted by Crippen LogP contribution is 2.70. The summed E-state index contributed by atoms with van der Waals surface area (Å²) >= 11 is 0. The number of esters is 2. The number of aliphatic hydroxyl groups is 2. The third-order valence-corrected chi connectivity index (χ3v) is 6.22. The summed E-state index contributed by atoms with van der Waals surface area (Å²) in [6.45, 7) is 8.69. The second kappa shape index (κ2) is 6.06. The van der Waals surface area contributed by atoms with Crippen LogP contribution in [0.15, 0.2) is 12.2 Å². The Kier molecular flexibility index (Phi) is 4.51. The van der Waals surface area contributed by atoms with Crippen molar-refractivity contribution in [3.8, 4) is 0 Å². The topological polar surface area (TPSA) is 93.1 Å². The average Bonchev–Trinajstić information content (AvgIpc) is 2.45. The Hall–Kier alpha value is -1.40. The molecule has 0 aliphatic heterocycles. The summed E-state index contributed by atoms with van der Waals surface area (Å²) in [5.41, 5.74) is -1.38. The molecule has 4 saturated carbocycles. The normalized spacial score (nSPS) is 41.6. The van der Waals surface area contributed by atoms with E-state index in [9.17, 15) is 19.8 Å². The van der Waals surface area contributed by atoms with E-state index in [4.69, 9.17) is 9.47 Å². The molecule has 26 heavy (non-hydrogen) atoms. The van der Waals surface area contributed by atoms with E-state index >= 15 is 0 Å². The first-order chi connectivity index (χ1) is 11.9. The van der Waals surface area contributed by atoms with Gasteiger partial charge >= 0.3 is 11.9 Å². The van der Waals surface area contributed by atoms with Crippen LogP contribution in [0.2, 0.25) is 0 Å². The molecule has 6 heteroatoms. The Bertz CT molecular complexity index is 585. The molecule has 0 aromatic rings. The number of aliphatic hydroxyl groups excluding tert-OH is 1. The fourth-order valence-corrected chi connectivity index (χ4v) is 6.55. The van der Waals surface area contributed by atoms with Crippen molar-refractivity contribution in [2.45, 2.75) is 71.0 Å². The van der Waals surface area contributed by atoms with Crippen molar-refractivity contribution in [3.05, 3.63) is 12.2 Å². The fraction of sp³-hybridized carbons (Fsp3) is 0.800. The van der Waals surface area contributed by atoms with Gasteiger partial charge in [0, 0.05) is 5.57 Å². The zero-order chi connectivity index (χ0) is 19.4. The minimum absolute atomic E-state index is 0.0555. The molecule has 4 aliphatic rings. The molecule has 0 saturated heterocycles. The molecule has 0 aromatic heterocycles. The Labute approximate surface area is 154 Å². The van der Waals surface area contributed by atoms with Crippen molar-refractivity contribution >= 4 is 11.9 Å². The largest absolute Gasteiger partial charge is 0.461 e. The van der Waals surface area contributed by atoms with Gasteiger partial charge in [0.15, 0.2) is 6.10 Å². The fourth-order valence-electron chi connectivity index (χ4n) is 6.55. The molecule has 3 atom stereocenters. The SMILES string of the molecule is C=C(C)C(=O)OC(CO)COC(=O)C12CC3(C)CC(C)(CC(O)(C3)C1)C2. The van der Waals surface area contributed by atoms with Crippen LogP contribution in [-0.2, 0) is 19.1 Å². The van der Waals surface area contributed by atoms with Crippen LogP contribution in [0.4, 0.5) is 0 Å². The summed E-state index contributed by atoms with van der Waals surface area (Å²) in [4.78, 5) is 24.6. The summed E-state index contributed by atoms with van der Waals surface area (Å²) in [5.74, 6) is -0.971. The molecule has 6 nitrogen and oxygen atoms in total. The van der Waals surface area contributed by atoms with Gasteiger partial charge in [-0.05, 0) is 56.3 Å². The first-order valence-electron chi connectivity index (χ1n) is 9.29. The molecule has 0 spiro atoms. The van der Waals surface area contributed by atoms with Crippen LogP contribution in [0.25, 0.3) is 0 Å². The van der Waals surface area contributed by atoms with E-state index in [1.807, 2.05) is 0 Å². The number of rotatable bonds is 6. The Morgan fingerprint density at radius 1 is 1.08 bits per heavy atom. The van der Waals surface area contributed by atoms with Gasteiger partial charge in [-0.25, -0.2) is 4.79 Å². The summed E-state index contributed by atoms with van der Waals surface area (Å²) in [6, 6.07) is 0. The Morgan fingerprint density at radius 2 is 1.65 bits per heavy atom. The quantitative estimate of drug-likeness (QED) is 0.552. The lowest BCUT2D eigenvalue weighted by Gasteiger charge is -2.66. The van der Waals surface area contributed by atoms with Gasteiger partial charge in [0.2, 0.25) is 0 Å². The lowest BCUT2D eigenvalue weighted by Crippen LogP contribution is -2.65. The van der Waals surface area contributed by atoms with Crippen LogP contribution in [0, 0.1) is 16.2 Å². The highest BCUT2D eigenvalue weighted by Gasteiger charge is 2.68. The zero-order valence-electron chi connectivity index (χ0n) is 16.0. The molecular weight excluding hydrogens is 336 g/mol. The number of hydrogen-bond donors (Lipinski definition) is 2. The molecule has 4 fully saturated rings. The molecule has 4 aliphatic carbocycles. The van der Waals surface area contributed by atoms with E-state index in [0.717, 1.165) is 19.3 Å². The van der Waals surface area contributed by atoms with E-state index in [1.165, 1.54) is 6.92 Å². The first kappa shape index (κ1) is 19.4. The monoisotopic (exact) mass is 366 g/mol. The number of hydrogen-bond acceptors (Lipinski definition) is 6. The third kappa shape index (κ3) is 3.41. The number of carbonyl (C=O) groups excluding carboxylic acids is 2. The van der Waals surface area contributed by atoms with Crippen LogP contribution in [0.3, 0.4) is 0 Å². The predicted octanol–water partition coefficient (Wildman–Crippen LogP) is 2.12. The van der Waals surface area contributed by atoms with Gasteiger partial charge in [-0.2, -0.15) is 0 Å². The molecule has 0 heterocycles. The highest BCUT2D eigenvalue weighted by molar-refractivity contribution is 5.87. The molecule has 2 N–H and O–H groups in total. The molecule has 4 bridgehead atoms. The molecule has 146 valence electrons. The lowest BCUT2D eigenvalue weighted by molar-refractivity contribution is -0.235. The minimum Gasteiger partial charge on any atom is -0.461 e. The standard InChI is InChI=1S/C20H30O6/c1-13(2)15(22)26-14(5-21)6-25-16(23)19-8-17(3)7-18(4,9-19)11-20(24,10-17)12-19/h14,21,24H,1,5-12H2,2-4H3. The highest BCUT2D eigenvalue weighted by atomic mass is 16.6. The molecular formula is C20H30O6. The van der Waals surface area contributed by atoms with Crippen LogP contribution >= 0.6 is 0 Å². The molecule has 0 aromatic carbocycles. The lowest BCUT2D eigenvalue weighted by atomic mass is 9.39. The summed E-state index contributed by atoms with van der Waals surface area (Å²) in [7, 11) is 0. The molecule has 0 radical (unpaired) electrons.